The second-order valence-corrected chi connectivity index (χ2v) is 10.2. The molecule has 2 bridgehead atoms. The van der Waals surface area contributed by atoms with Crippen LogP contribution in [0.1, 0.15) is 30.4 Å². The molecule has 0 radical (unpaired) electrons. The van der Waals surface area contributed by atoms with Gasteiger partial charge < -0.3 is 37.9 Å². The lowest BCUT2D eigenvalue weighted by Gasteiger charge is -2.36. The number of carbonyl (C=O) groups excluding carboxylic acids is 2. The molecule has 4 atom stereocenters. The Morgan fingerprint density at radius 3 is 1.51 bits per heavy atom. The number of fused-ring (bicyclic) bond motifs is 2. The zero-order valence-electron chi connectivity index (χ0n) is 25.6. The summed E-state index contributed by atoms with van der Waals surface area (Å²) in [5.41, 5.74) is 1.39. The fourth-order valence-corrected chi connectivity index (χ4v) is 5.71. The lowest BCUT2D eigenvalue weighted by atomic mass is 10.0. The van der Waals surface area contributed by atoms with E-state index in [1.807, 2.05) is 7.05 Å². The molecule has 0 aromatic heterocycles. The zero-order valence-corrected chi connectivity index (χ0v) is 25.6. The van der Waals surface area contributed by atoms with Gasteiger partial charge in [-0.25, -0.2) is 9.59 Å². The summed E-state index contributed by atoms with van der Waals surface area (Å²) < 4.78 is 43.9. The second-order valence-electron chi connectivity index (χ2n) is 10.2. The summed E-state index contributed by atoms with van der Waals surface area (Å²) in [6, 6.07) is 7.06. The molecular weight excluding hydrogens is 558 g/mol. The molecule has 2 fully saturated rings. The number of ether oxygens (including phenoxy) is 8. The highest BCUT2D eigenvalue weighted by Gasteiger charge is 2.47. The first-order valence-electron chi connectivity index (χ1n) is 13.8. The van der Waals surface area contributed by atoms with Gasteiger partial charge in [0.1, 0.15) is 12.2 Å². The third kappa shape index (κ3) is 7.16. The molecule has 11 heteroatoms. The predicted octanol–water partition coefficient (Wildman–Crippen LogP) is 4.15. The van der Waals surface area contributed by atoms with Crippen LogP contribution in [0.15, 0.2) is 36.4 Å². The minimum absolute atomic E-state index is 0.0610. The summed E-state index contributed by atoms with van der Waals surface area (Å²) in [5.74, 6) is 1.98. The van der Waals surface area contributed by atoms with E-state index in [9.17, 15) is 9.59 Å². The predicted molar refractivity (Wildman–Crippen MR) is 159 cm³/mol. The highest BCUT2D eigenvalue weighted by atomic mass is 16.6. The van der Waals surface area contributed by atoms with E-state index in [1.54, 1.807) is 36.4 Å². The van der Waals surface area contributed by atoms with Crippen molar-refractivity contribution in [3.8, 4) is 34.5 Å². The molecule has 2 aliphatic heterocycles. The Hall–Kier alpha value is -4.38. The highest BCUT2D eigenvalue weighted by molar-refractivity contribution is 5.88. The quantitative estimate of drug-likeness (QED) is 0.260. The Balaban J connectivity index is 1.36. The first-order valence-corrected chi connectivity index (χ1v) is 13.8. The summed E-state index contributed by atoms with van der Waals surface area (Å²) in [6.45, 7) is 0. The third-order valence-corrected chi connectivity index (χ3v) is 7.82. The van der Waals surface area contributed by atoms with Crippen LogP contribution in [0.25, 0.3) is 12.2 Å². The van der Waals surface area contributed by atoms with Gasteiger partial charge in [-0.3, -0.25) is 4.90 Å². The molecule has 0 amide bonds. The van der Waals surface area contributed by atoms with E-state index in [0.717, 1.165) is 0 Å². The van der Waals surface area contributed by atoms with Gasteiger partial charge in [0.05, 0.1) is 48.7 Å². The minimum Gasteiger partial charge on any atom is -0.493 e. The molecule has 2 aliphatic rings. The standard InChI is InChI=1S/C32H39NO10/c1-33-21-16-22(42-29(34)10-8-19-12-25(36-2)31(40-6)26(13-19)37-3)18-23(33)24(17-21)43-30(35)11-9-20-14-27(38-4)32(41-7)28(15-20)39-5/h8-15,21-24H,16-18H2,1-7H3/b10-8+,11-9+. The van der Waals surface area contributed by atoms with Crippen LogP contribution in [0.3, 0.4) is 0 Å². The molecule has 2 aromatic rings. The van der Waals surface area contributed by atoms with Crippen molar-refractivity contribution in [2.75, 3.05) is 49.7 Å². The maximum absolute atomic E-state index is 12.8. The number of hydrogen-bond donors (Lipinski definition) is 0. The molecule has 11 nitrogen and oxygen atoms in total. The number of piperidine rings is 1. The van der Waals surface area contributed by atoms with E-state index in [4.69, 9.17) is 37.9 Å². The van der Waals surface area contributed by atoms with Gasteiger partial charge in [-0.1, -0.05) is 0 Å². The Morgan fingerprint density at radius 2 is 1.09 bits per heavy atom. The summed E-state index contributed by atoms with van der Waals surface area (Å²) in [4.78, 5) is 27.7. The summed E-state index contributed by atoms with van der Waals surface area (Å²) in [6.07, 6.45) is 7.33. The van der Waals surface area contributed by atoms with Crippen molar-refractivity contribution in [2.45, 2.75) is 43.6 Å². The van der Waals surface area contributed by atoms with Gasteiger partial charge in [-0.15, -0.1) is 0 Å². The van der Waals surface area contributed by atoms with Crippen LogP contribution in [-0.2, 0) is 19.1 Å². The van der Waals surface area contributed by atoms with Gasteiger partial charge in [0.2, 0.25) is 11.5 Å². The molecule has 0 N–H and O–H groups in total. The van der Waals surface area contributed by atoms with Crippen LogP contribution in [0.2, 0.25) is 0 Å². The van der Waals surface area contributed by atoms with Crippen molar-refractivity contribution in [1.82, 2.24) is 4.90 Å². The van der Waals surface area contributed by atoms with Gasteiger partial charge >= 0.3 is 11.9 Å². The van der Waals surface area contributed by atoms with Crippen molar-refractivity contribution in [3.63, 3.8) is 0 Å². The van der Waals surface area contributed by atoms with E-state index in [0.29, 0.717) is 64.9 Å². The van der Waals surface area contributed by atoms with E-state index in [1.165, 1.54) is 54.8 Å². The smallest absolute Gasteiger partial charge is 0.331 e. The molecule has 0 saturated carbocycles. The Morgan fingerprint density at radius 1 is 0.651 bits per heavy atom. The molecule has 2 saturated heterocycles. The van der Waals surface area contributed by atoms with Crippen LogP contribution in [0.5, 0.6) is 34.5 Å². The number of hydrogen-bond acceptors (Lipinski definition) is 11. The van der Waals surface area contributed by atoms with E-state index >= 15 is 0 Å². The van der Waals surface area contributed by atoms with Crippen molar-refractivity contribution in [1.29, 1.82) is 0 Å². The van der Waals surface area contributed by atoms with Crippen molar-refractivity contribution in [3.05, 3.63) is 47.5 Å². The fraction of sp³-hybridized carbons (Fsp3) is 0.438. The van der Waals surface area contributed by atoms with E-state index in [-0.39, 0.29) is 24.3 Å². The van der Waals surface area contributed by atoms with Gasteiger partial charge in [-0.05, 0) is 54.6 Å². The Bertz CT molecular complexity index is 1320. The van der Waals surface area contributed by atoms with Crippen molar-refractivity contribution < 1.29 is 47.5 Å². The summed E-state index contributed by atoms with van der Waals surface area (Å²) in [5, 5.41) is 0. The first kappa shape index (κ1) is 31.6. The normalized spacial score (nSPS) is 21.5. The van der Waals surface area contributed by atoms with Crippen molar-refractivity contribution in [2.24, 2.45) is 0 Å². The van der Waals surface area contributed by atoms with Crippen molar-refractivity contribution >= 4 is 24.1 Å². The highest BCUT2D eigenvalue weighted by Crippen LogP contribution is 2.40. The van der Waals surface area contributed by atoms with Gasteiger partial charge in [0, 0.05) is 37.5 Å². The molecule has 0 spiro atoms. The average molecular weight is 598 g/mol. The molecule has 2 heterocycles. The number of likely N-dealkylation sites (N-methyl/N-ethyl adjacent to an activating group) is 1. The molecule has 2 aromatic carbocycles. The number of benzene rings is 2. The summed E-state index contributed by atoms with van der Waals surface area (Å²) >= 11 is 0. The zero-order chi connectivity index (χ0) is 31.1. The van der Waals surface area contributed by atoms with Gasteiger partial charge in [0.25, 0.3) is 0 Å². The minimum atomic E-state index is -0.457. The lowest BCUT2D eigenvalue weighted by molar-refractivity contribution is -0.149. The molecule has 232 valence electrons. The van der Waals surface area contributed by atoms with Crippen LogP contribution >= 0.6 is 0 Å². The first-order chi connectivity index (χ1) is 20.7. The Labute approximate surface area is 251 Å². The number of esters is 2. The maximum Gasteiger partial charge on any atom is 0.331 e. The average Bonchev–Trinajstić information content (AvgIpc) is 3.17. The van der Waals surface area contributed by atoms with Gasteiger partial charge in [0.15, 0.2) is 23.0 Å². The number of nitrogens with zero attached hydrogens (tertiary/aromatic N) is 1. The number of rotatable bonds is 12. The lowest BCUT2D eigenvalue weighted by Crippen LogP contribution is -2.45. The van der Waals surface area contributed by atoms with E-state index in [2.05, 4.69) is 4.90 Å². The van der Waals surface area contributed by atoms with Crippen LogP contribution in [0.4, 0.5) is 0 Å². The second kappa shape index (κ2) is 14.2. The van der Waals surface area contributed by atoms with Crippen LogP contribution in [0, 0.1) is 0 Å². The molecule has 0 aliphatic carbocycles. The molecular formula is C32H39NO10. The fourth-order valence-electron chi connectivity index (χ4n) is 5.71. The third-order valence-electron chi connectivity index (χ3n) is 7.82. The molecule has 43 heavy (non-hydrogen) atoms. The molecule has 4 unspecified atom stereocenters. The topological polar surface area (TPSA) is 111 Å². The maximum atomic E-state index is 12.8. The monoisotopic (exact) mass is 597 g/mol. The van der Waals surface area contributed by atoms with Crippen LogP contribution in [-0.4, -0.2) is 90.8 Å². The van der Waals surface area contributed by atoms with Crippen LogP contribution < -0.4 is 28.4 Å². The largest absolute Gasteiger partial charge is 0.493 e. The van der Waals surface area contributed by atoms with Gasteiger partial charge in [-0.2, -0.15) is 0 Å². The molecule has 4 rings (SSSR count). The SMILES string of the molecule is COc1cc(/C=C/C(=O)OC2CC3CC(OC(=O)/C=C/c4cc(OC)c(OC)c(OC)c4)C(C2)N3C)cc(OC)c1OC. The Kier molecular flexibility index (Phi) is 10.4. The number of carbonyl (C=O) groups is 2. The number of methoxy groups -OCH3 is 6. The van der Waals surface area contributed by atoms with E-state index < -0.39 is 11.9 Å². The summed E-state index contributed by atoms with van der Waals surface area (Å²) in [7, 11) is 11.2.